The number of carbonyl (C=O) groups excluding carboxylic acids is 1. The van der Waals surface area contributed by atoms with E-state index in [-0.39, 0.29) is 16.8 Å². The normalized spacial score (nSPS) is 12.0. The van der Waals surface area contributed by atoms with Gasteiger partial charge in [-0.3, -0.25) is 14.9 Å². The summed E-state index contributed by atoms with van der Waals surface area (Å²) in [6.45, 7) is 3.55. The molecule has 0 radical (unpaired) electrons. The third kappa shape index (κ3) is 3.64. The highest BCUT2D eigenvalue weighted by Crippen LogP contribution is 2.25. The lowest BCUT2D eigenvalue weighted by Gasteiger charge is -2.13. The summed E-state index contributed by atoms with van der Waals surface area (Å²) in [4.78, 5) is 26.7. The van der Waals surface area contributed by atoms with Gasteiger partial charge in [0.1, 0.15) is 0 Å². The number of benzene rings is 1. The lowest BCUT2D eigenvalue weighted by molar-refractivity contribution is -0.384. The van der Waals surface area contributed by atoms with Gasteiger partial charge in [-0.2, -0.15) is 0 Å². The van der Waals surface area contributed by atoms with E-state index < -0.39 is 4.92 Å². The molecule has 0 spiro atoms. The fourth-order valence-corrected chi connectivity index (χ4v) is 2.60. The van der Waals surface area contributed by atoms with Crippen LogP contribution in [-0.4, -0.2) is 25.6 Å². The number of carbonyl (C=O) groups is 1. The number of rotatable bonds is 5. The highest BCUT2D eigenvalue weighted by Gasteiger charge is 2.18. The van der Waals surface area contributed by atoms with E-state index in [0.717, 1.165) is 10.7 Å². The summed E-state index contributed by atoms with van der Waals surface area (Å²) in [6.07, 6.45) is 3.47. The maximum Gasteiger partial charge on any atom is 0.271 e. The van der Waals surface area contributed by atoms with Crippen LogP contribution < -0.4 is 5.32 Å². The molecule has 22 heavy (non-hydrogen) atoms. The second-order valence-electron chi connectivity index (χ2n) is 4.83. The van der Waals surface area contributed by atoms with E-state index >= 15 is 0 Å². The highest BCUT2D eigenvalue weighted by atomic mass is 32.2. The minimum atomic E-state index is -0.485. The molecular weight excluding hydrogens is 304 g/mol. The molecule has 0 aliphatic carbocycles. The number of aryl methyl sites for hydroxylation is 2. The average Bonchev–Trinajstić information content (AvgIpc) is 2.86. The van der Waals surface area contributed by atoms with Gasteiger partial charge < -0.3 is 9.88 Å². The summed E-state index contributed by atoms with van der Waals surface area (Å²) < 4.78 is 1.83. The number of non-ortho nitro benzene ring substituents is 1. The van der Waals surface area contributed by atoms with Crippen LogP contribution in [0.5, 0.6) is 0 Å². The second kappa shape index (κ2) is 6.61. The van der Waals surface area contributed by atoms with E-state index in [2.05, 4.69) is 10.3 Å². The Morgan fingerprint density at radius 2 is 2.23 bits per heavy atom. The number of thioether (sulfide) groups is 1. The van der Waals surface area contributed by atoms with E-state index in [0.29, 0.717) is 5.69 Å². The Morgan fingerprint density at radius 3 is 2.82 bits per heavy atom. The monoisotopic (exact) mass is 320 g/mol. The first-order valence-electron chi connectivity index (χ1n) is 6.58. The van der Waals surface area contributed by atoms with Crippen LogP contribution in [0.1, 0.15) is 12.5 Å². The lowest BCUT2D eigenvalue weighted by atomic mass is 10.2. The number of imidazole rings is 1. The number of nitrogens with zero attached hydrogens (tertiary/aromatic N) is 3. The summed E-state index contributed by atoms with van der Waals surface area (Å²) >= 11 is 1.33. The molecule has 1 atom stereocenters. The van der Waals surface area contributed by atoms with Gasteiger partial charge in [-0.15, -0.1) is 0 Å². The average molecular weight is 320 g/mol. The van der Waals surface area contributed by atoms with Crippen molar-refractivity contribution in [2.24, 2.45) is 7.05 Å². The Labute approximate surface area is 131 Å². The van der Waals surface area contributed by atoms with Crippen molar-refractivity contribution in [1.29, 1.82) is 0 Å². The topological polar surface area (TPSA) is 90.1 Å². The number of nitro benzene ring substituents is 1. The number of nitro groups is 1. The van der Waals surface area contributed by atoms with Crippen LogP contribution in [0.3, 0.4) is 0 Å². The fourth-order valence-electron chi connectivity index (χ4n) is 1.77. The van der Waals surface area contributed by atoms with Crippen LogP contribution in [-0.2, 0) is 11.8 Å². The highest BCUT2D eigenvalue weighted by molar-refractivity contribution is 8.00. The molecule has 2 rings (SSSR count). The Balaban J connectivity index is 2.09. The standard InChI is InChI=1S/C14H16N4O3S/c1-9-4-5-11(18(20)21)8-12(9)16-13(19)10(2)22-14-15-6-7-17(14)3/h4-8,10H,1-3H3,(H,16,19). The van der Waals surface area contributed by atoms with E-state index in [4.69, 9.17) is 0 Å². The molecule has 1 unspecified atom stereocenters. The first-order chi connectivity index (χ1) is 10.4. The Hall–Kier alpha value is -2.35. The van der Waals surface area contributed by atoms with Crippen molar-refractivity contribution in [2.45, 2.75) is 24.3 Å². The molecule has 1 aromatic carbocycles. The minimum absolute atomic E-state index is 0.0506. The van der Waals surface area contributed by atoms with Gasteiger partial charge in [-0.1, -0.05) is 17.8 Å². The maximum absolute atomic E-state index is 12.2. The molecule has 0 fully saturated rings. The van der Waals surface area contributed by atoms with Gasteiger partial charge in [0.15, 0.2) is 5.16 Å². The van der Waals surface area contributed by atoms with Crippen molar-refractivity contribution in [2.75, 3.05) is 5.32 Å². The van der Waals surface area contributed by atoms with Gasteiger partial charge in [0, 0.05) is 31.6 Å². The molecule has 0 aliphatic rings. The smallest absolute Gasteiger partial charge is 0.271 e. The van der Waals surface area contributed by atoms with Crippen LogP contribution >= 0.6 is 11.8 Å². The Morgan fingerprint density at radius 1 is 1.50 bits per heavy atom. The second-order valence-corrected chi connectivity index (χ2v) is 6.13. The third-order valence-electron chi connectivity index (χ3n) is 3.12. The molecule has 2 aromatic rings. The van der Waals surface area contributed by atoms with Crippen molar-refractivity contribution in [3.05, 3.63) is 46.3 Å². The van der Waals surface area contributed by atoms with Gasteiger partial charge in [-0.25, -0.2) is 4.98 Å². The van der Waals surface area contributed by atoms with Crippen molar-refractivity contribution < 1.29 is 9.72 Å². The molecule has 0 saturated carbocycles. The molecule has 0 bridgehead atoms. The minimum Gasteiger partial charge on any atom is -0.329 e. The molecule has 0 saturated heterocycles. The van der Waals surface area contributed by atoms with Crippen LogP contribution in [0.25, 0.3) is 0 Å². The van der Waals surface area contributed by atoms with E-state index in [1.807, 2.05) is 11.6 Å². The van der Waals surface area contributed by atoms with Gasteiger partial charge in [-0.05, 0) is 19.4 Å². The number of hydrogen-bond acceptors (Lipinski definition) is 5. The van der Waals surface area contributed by atoms with Gasteiger partial charge in [0.05, 0.1) is 15.9 Å². The number of nitrogens with one attached hydrogen (secondary N) is 1. The summed E-state index contributed by atoms with van der Waals surface area (Å²) in [5.74, 6) is -0.225. The summed E-state index contributed by atoms with van der Waals surface area (Å²) in [5.41, 5.74) is 1.17. The SMILES string of the molecule is Cc1ccc([N+](=O)[O-])cc1NC(=O)C(C)Sc1nccn1C. The predicted molar refractivity (Wildman–Crippen MR) is 85.0 cm³/mol. The summed E-state index contributed by atoms with van der Waals surface area (Å²) in [5, 5.41) is 13.9. The first-order valence-corrected chi connectivity index (χ1v) is 7.46. The lowest BCUT2D eigenvalue weighted by Crippen LogP contribution is -2.23. The summed E-state index contributed by atoms with van der Waals surface area (Å²) in [7, 11) is 1.85. The first kappa shape index (κ1) is 16.0. The van der Waals surface area contributed by atoms with E-state index in [9.17, 15) is 14.9 Å². The van der Waals surface area contributed by atoms with Crippen LogP contribution in [0.2, 0.25) is 0 Å². The number of amides is 1. The fraction of sp³-hybridized carbons (Fsp3) is 0.286. The third-order valence-corrected chi connectivity index (χ3v) is 4.29. The molecule has 0 aliphatic heterocycles. The molecule has 1 aromatic heterocycles. The van der Waals surface area contributed by atoms with Gasteiger partial charge >= 0.3 is 0 Å². The van der Waals surface area contributed by atoms with Gasteiger partial charge in [0.2, 0.25) is 5.91 Å². The number of anilines is 1. The molecule has 8 heteroatoms. The zero-order chi connectivity index (χ0) is 16.3. The van der Waals surface area contributed by atoms with Gasteiger partial charge in [0.25, 0.3) is 5.69 Å². The molecule has 1 N–H and O–H groups in total. The predicted octanol–water partition coefficient (Wildman–Crippen LogP) is 2.76. The van der Waals surface area contributed by atoms with E-state index in [1.54, 1.807) is 32.3 Å². The van der Waals surface area contributed by atoms with Crippen LogP contribution in [0.4, 0.5) is 11.4 Å². The largest absolute Gasteiger partial charge is 0.329 e. The molecule has 1 heterocycles. The van der Waals surface area contributed by atoms with Crippen molar-refractivity contribution in [3.8, 4) is 0 Å². The van der Waals surface area contributed by atoms with Crippen LogP contribution in [0.15, 0.2) is 35.7 Å². The zero-order valence-corrected chi connectivity index (χ0v) is 13.3. The Bertz CT molecular complexity index is 714. The van der Waals surface area contributed by atoms with Crippen molar-refractivity contribution >= 4 is 29.0 Å². The molecule has 116 valence electrons. The van der Waals surface area contributed by atoms with Crippen molar-refractivity contribution in [1.82, 2.24) is 9.55 Å². The van der Waals surface area contributed by atoms with Crippen molar-refractivity contribution in [3.63, 3.8) is 0 Å². The number of hydrogen-bond donors (Lipinski definition) is 1. The summed E-state index contributed by atoms with van der Waals surface area (Å²) in [6, 6.07) is 4.40. The molecule has 1 amide bonds. The van der Waals surface area contributed by atoms with Crippen LogP contribution in [0, 0.1) is 17.0 Å². The molecular formula is C14H16N4O3S. The maximum atomic E-state index is 12.2. The van der Waals surface area contributed by atoms with E-state index in [1.165, 1.54) is 23.9 Å². The molecule has 7 nitrogen and oxygen atoms in total. The quantitative estimate of drug-likeness (QED) is 0.520. The zero-order valence-electron chi connectivity index (χ0n) is 12.4. The Kier molecular flexibility index (Phi) is 4.81. The number of aromatic nitrogens is 2.